The Hall–Kier alpha value is -2.67. The topological polar surface area (TPSA) is 69.0 Å². The summed E-state index contributed by atoms with van der Waals surface area (Å²) >= 11 is 1.39. The number of carbonyl (C=O) groups is 1. The van der Waals surface area contributed by atoms with Crippen LogP contribution in [-0.2, 0) is 7.05 Å². The number of anilines is 1. The summed E-state index contributed by atoms with van der Waals surface area (Å²) < 4.78 is 6.65. The van der Waals surface area contributed by atoms with Crippen LogP contribution in [0.4, 0.5) is 5.13 Å². The van der Waals surface area contributed by atoms with Crippen molar-refractivity contribution in [1.29, 1.82) is 0 Å². The number of hydrogen-bond acceptors (Lipinski definition) is 5. The zero-order valence-corrected chi connectivity index (χ0v) is 14.8. The average molecular weight is 342 g/mol. The third-order valence-corrected chi connectivity index (χ3v) is 4.52. The fourth-order valence-electron chi connectivity index (χ4n) is 2.30. The molecule has 0 saturated carbocycles. The summed E-state index contributed by atoms with van der Waals surface area (Å²) in [5.41, 5.74) is 4.71. The Kier molecular flexibility index (Phi) is 4.35. The highest BCUT2D eigenvalue weighted by molar-refractivity contribution is 7.14. The molecule has 0 atom stereocenters. The summed E-state index contributed by atoms with van der Waals surface area (Å²) in [5.74, 6) is 0.00174. The van der Waals surface area contributed by atoms with Crippen LogP contribution in [0.15, 0.2) is 29.8 Å². The first-order valence-corrected chi connectivity index (χ1v) is 8.28. The van der Waals surface area contributed by atoms with Crippen LogP contribution in [0, 0.1) is 13.8 Å². The number of methoxy groups -OCH3 is 1. The van der Waals surface area contributed by atoms with Crippen molar-refractivity contribution in [1.82, 2.24) is 14.8 Å². The van der Waals surface area contributed by atoms with E-state index >= 15 is 0 Å². The van der Waals surface area contributed by atoms with E-state index in [0.717, 1.165) is 11.3 Å². The average Bonchev–Trinajstić information content (AvgIpc) is 3.16. The second-order valence-corrected chi connectivity index (χ2v) is 6.37. The molecule has 0 saturated heterocycles. The third kappa shape index (κ3) is 3.16. The molecule has 0 spiro atoms. The van der Waals surface area contributed by atoms with Crippen molar-refractivity contribution in [3.05, 3.63) is 46.5 Å². The second kappa shape index (κ2) is 6.45. The summed E-state index contributed by atoms with van der Waals surface area (Å²) in [6.45, 7) is 4.15. The van der Waals surface area contributed by atoms with Gasteiger partial charge in [0.1, 0.15) is 5.56 Å². The van der Waals surface area contributed by atoms with E-state index in [9.17, 15) is 4.79 Å². The Morgan fingerprint density at radius 2 is 2.08 bits per heavy atom. The van der Waals surface area contributed by atoms with Gasteiger partial charge in [0, 0.05) is 24.2 Å². The minimum Gasteiger partial charge on any atom is -0.479 e. The number of thiazole rings is 1. The minimum atomic E-state index is -0.291. The molecule has 0 radical (unpaired) electrons. The second-order valence-electron chi connectivity index (χ2n) is 5.52. The van der Waals surface area contributed by atoms with Crippen LogP contribution in [0.25, 0.3) is 11.3 Å². The Morgan fingerprint density at radius 1 is 1.29 bits per heavy atom. The number of nitrogens with zero attached hydrogens (tertiary/aromatic N) is 3. The zero-order chi connectivity index (χ0) is 17.3. The first-order valence-electron chi connectivity index (χ1n) is 7.40. The highest BCUT2D eigenvalue weighted by Crippen LogP contribution is 2.27. The van der Waals surface area contributed by atoms with E-state index in [0.29, 0.717) is 16.6 Å². The predicted octanol–water partition coefficient (Wildman–Crippen LogP) is 3.42. The van der Waals surface area contributed by atoms with Crippen LogP contribution in [0.1, 0.15) is 21.5 Å². The lowest BCUT2D eigenvalue weighted by Gasteiger charge is -2.03. The van der Waals surface area contributed by atoms with Gasteiger partial charge in [-0.15, -0.1) is 16.4 Å². The number of nitrogens with one attached hydrogen (secondary N) is 1. The molecule has 0 aliphatic carbocycles. The van der Waals surface area contributed by atoms with E-state index in [-0.39, 0.29) is 5.91 Å². The van der Waals surface area contributed by atoms with Gasteiger partial charge in [0.15, 0.2) is 5.13 Å². The van der Waals surface area contributed by atoms with E-state index in [2.05, 4.69) is 41.4 Å². The van der Waals surface area contributed by atoms with E-state index in [1.807, 2.05) is 11.4 Å². The molecule has 2 aromatic heterocycles. The van der Waals surface area contributed by atoms with Gasteiger partial charge >= 0.3 is 0 Å². The largest absolute Gasteiger partial charge is 0.479 e. The predicted molar refractivity (Wildman–Crippen MR) is 94.7 cm³/mol. The molecule has 1 amide bonds. The molecule has 0 aliphatic heterocycles. The fourth-order valence-corrected chi connectivity index (χ4v) is 3.02. The highest BCUT2D eigenvalue weighted by Gasteiger charge is 2.18. The molecular formula is C17H18N4O2S. The van der Waals surface area contributed by atoms with Gasteiger partial charge in [-0.25, -0.2) is 4.98 Å². The Labute approximate surface area is 144 Å². The molecule has 3 aromatic rings. The van der Waals surface area contributed by atoms with Gasteiger partial charge in [-0.2, -0.15) is 0 Å². The number of ether oxygens (including phenoxy) is 1. The summed E-state index contributed by atoms with van der Waals surface area (Å²) in [5, 5.41) is 9.35. The van der Waals surface area contributed by atoms with Crippen molar-refractivity contribution < 1.29 is 9.53 Å². The molecule has 1 aromatic carbocycles. The van der Waals surface area contributed by atoms with Gasteiger partial charge in [-0.3, -0.25) is 14.8 Å². The van der Waals surface area contributed by atoms with E-state index in [1.54, 1.807) is 13.2 Å². The van der Waals surface area contributed by atoms with E-state index < -0.39 is 0 Å². The van der Waals surface area contributed by atoms with Crippen LogP contribution in [0.2, 0.25) is 0 Å². The van der Waals surface area contributed by atoms with E-state index in [1.165, 1.54) is 34.3 Å². The molecule has 0 aliphatic rings. The van der Waals surface area contributed by atoms with E-state index in [4.69, 9.17) is 4.74 Å². The van der Waals surface area contributed by atoms with Crippen LogP contribution in [-0.4, -0.2) is 27.8 Å². The number of aryl methyl sites for hydroxylation is 3. The molecule has 0 unspecified atom stereocenters. The number of hydrogen-bond donors (Lipinski definition) is 1. The third-order valence-electron chi connectivity index (χ3n) is 3.76. The van der Waals surface area contributed by atoms with Gasteiger partial charge in [0.05, 0.1) is 12.8 Å². The van der Waals surface area contributed by atoms with Crippen molar-refractivity contribution in [3.8, 4) is 17.1 Å². The molecule has 7 heteroatoms. The lowest BCUT2D eigenvalue weighted by molar-refractivity contribution is 0.102. The van der Waals surface area contributed by atoms with Crippen LogP contribution in [0.3, 0.4) is 0 Å². The lowest BCUT2D eigenvalue weighted by Crippen LogP contribution is -2.12. The summed E-state index contributed by atoms with van der Waals surface area (Å²) in [4.78, 5) is 16.9. The molecular weight excluding hydrogens is 324 g/mol. The normalized spacial score (nSPS) is 10.7. The van der Waals surface area contributed by atoms with Crippen LogP contribution >= 0.6 is 11.3 Å². The maximum absolute atomic E-state index is 12.4. The summed E-state index contributed by atoms with van der Waals surface area (Å²) in [6.07, 6.45) is 1.62. The summed E-state index contributed by atoms with van der Waals surface area (Å²) in [7, 11) is 3.22. The lowest BCUT2D eigenvalue weighted by atomic mass is 10.1. The molecule has 1 N–H and O–H groups in total. The highest BCUT2D eigenvalue weighted by atomic mass is 32.1. The van der Waals surface area contributed by atoms with Crippen LogP contribution < -0.4 is 10.1 Å². The molecule has 24 heavy (non-hydrogen) atoms. The Balaban J connectivity index is 1.80. The number of benzene rings is 1. The van der Waals surface area contributed by atoms with Crippen LogP contribution in [0.5, 0.6) is 5.88 Å². The van der Waals surface area contributed by atoms with Crippen molar-refractivity contribution in [2.24, 2.45) is 7.05 Å². The van der Waals surface area contributed by atoms with Crippen molar-refractivity contribution in [2.75, 3.05) is 12.4 Å². The first-order chi connectivity index (χ1) is 11.5. The smallest absolute Gasteiger partial charge is 0.264 e. The van der Waals surface area contributed by atoms with Crippen molar-refractivity contribution in [3.63, 3.8) is 0 Å². The maximum Gasteiger partial charge on any atom is 0.264 e. The monoisotopic (exact) mass is 342 g/mol. The maximum atomic E-state index is 12.4. The van der Waals surface area contributed by atoms with Crippen molar-refractivity contribution >= 4 is 22.4 Å². The van der Waals surface area contributed by atoms with Crippen molar-refractivity contribution in [2.45, 2.75) is 13.8 Å². The number of carbonyl (C=O) groups excluding carboxylic acids is 1. The molecule has 0 bridgehead atoms. The number of amides is 1. The zero-order valence-electron chi connectivity index (χ0n) is 14.0. The molecule has 0 fully saturated rings. The van der Waals surface area contributed by atoms with Gasteiger partial charge in [0.25, 0.3) is 5.91 Å². The standard InChI is InChI=1S/C17H18N4O2S/c1-10-5-6-12(7-11(10)2)14-9-24-17(18-14)19-15(22)13-8-21(3)20-16(13)23-4/h5-9H,1-4H3,(H,18,19,22). The quantitative estimate of drug-likeness (QED) is 0.789. The van der Waals surface area contributed by atoms with Gasteiger partial charge in [-0.1, -0.05) is 12.1 Å². The Morgan fingerprint density at radius 3 is 2.79 bits per heavy atom. The SMILES string of the molecule is COc1nn(C)cc1C(=O)Nc1nc(-c2ccc(C)c(C)c2)cs1. The number of rotatable bonds is 4. The molecule has 3 rings (SSSR count). The molecule has 124 valence electrons. The van der Waals surface area contributed by atoms with Gasteiger partial charge in [-0.05, 0) is 31.0 Å². The first kappa shape index (κ1) is 16.2. The number of aromatic nitrogens is 3. The molecule has 2 heterocycles. The Bertz CT molecular complexity index is 898. The molecule has 6 nitrogen and oxygen atoms in total. The summed E-state index contributed by atoms with van der Waals surface area (Å²) in [6, 6.07) is 6.20. The van der Waals surface area contributed by atoms with Gasteiger partial charge < -0.3 is 4.74 Å². The minimum absolute atomic E-state index is 0.291. The van der Waals surface area contributed by atoms with Gasteiger partial charge in [0.2, 0.25) is 5.88 Å². The fraction of sp³-hybridized carbons (Fsp3) is 0.235.